The van der Waals surface area contributed by atoms with Crippen molar-refractivity contribution in [2.75, 3.05) is 0 Å². The molecule has 1 aromatic rings. The van der Waals surface area contributed by atoms with Crippen molar-refractivity contribution >= 4 is 5.97 Å². The molecule has 0 amide bonds. The molecule has 2 N–H and O–H groups in total. The monoisotopic (exact) mass is 198 g/mol. The lowest BCUT2D eigenvalue weighted by atomic mass is 9.98. The maximum absolute atomic E-state index is 13.2. The van der Waals surface area contributed by atoms with Gasteiger partial charge in [-0.15, -0.1) is 0 Å². The third-order valence-corrected chi connectivity index (χ3v) is 2.18. The first-order valence-electron chi connectivity index (χ1n) is 4.16. The molecule has 0 saturated carbocycles. The van der Waals surface area contributed by atoms with E-state index in [1.54, 1.807) is 0 Å². The molecule has 4 heteroatoms. The molecular weight excluding hydrogens is 187 g/mol. The SMILES string of the molecule is Cc1ccc(C(C)C(=O)O)c(O)c1F. The molecule has 0 aliphatic heterocycles. The van der Waals surface area contributed by atoms with Crippen LogP contribution in [-0.2, 0) is 4.79 Å². The second kappa shape index (κ2) is 3.65. The maximum atomic E-state index is 13.2. The first-order chi connectivity index (χ1) is 6.45. The number of hydrogen-bond donors (Lipinski definition) is 2. The van der Waals surface area contributed by atoms with Crippen molar-refractivity contribution in [1.82, 2.24) is 0 Å². The lowest BCUT2D eigenvalue weighted by Crippen LogP contribution is -2.08. The number of rotatable bonds is 2. The summed E-state index contributed by atoms with van der Waals surface area (Å²) in [4.78, 5) is 10.6. The number of aromatic hydroxyl groups is 1. The summed E-state index contributed by atoms with van der Waals surface area (Å²) in [5.74, 6) is -3.33. The van der Waals surface area contributed by atoms with Crippen LogP contribution in [-0.4, -0.2) is 16.2 Å². The topological polar surface area (TPSA) is 57.5 Å². The van der Waals surface area contributed by atoms with Gasteiger partial charge in [-0.2, -0.15) is 0 Å². The van der Waals surface area contributed by atoms with Crippen LogP contribution < -0.4 is 0 Å². The fraction of sp³-hybridized carbons (Fsp3) is 0.300. The average molecular weight is 198 g/mol. The minimum Gasteiger partial charge on any atom is -0.505 e. The van der Waals surface area contributed by atoms with Crippen molar-refractivity contribution in [3.8, 4) is 5.75 Å². The average Bonchev–Trinajstić information content (AvgIpc) is 2.13. The van der Waals surface area contributed by atoms with Gasteiger partial charge in [0, 0.05) is 5.56 Å². The molecule has 0 aliphatic carbocycles. The van der Waals surface area contributed by atoms with E-state index in [4.69, 9.17) is 5.11 Å². The van der Waals surface area contributed by atoms with Crippen LogP contribution in [0.25, 0.3) is 0 Å². The molecule has 0 aromatic heterocycles. The van der Waals surface area contributed by atoms with Gasteiger partial charge in [-0.25, -0.2) is 4.39 Å². The molecule has 0 radical (unpaired) electrons. The number of carbonyl (C=O) groups is 1. The van der Waals surface area contributed by atoms with Gasteiger partial charge >= 0.3 is 5.97 Å². The van der Waals surface area contributed by atoms with Crippen LogP contribution in [0.4, 0.5) is 4.39 Å². The normalized spacial score (nSPS) is 12.5. The highest BCUT2D eigenvalue weighted by Crippen LogP contribution is 2.29. The predicted molar refractivity (Wildman–Crippen MR) is 48.9 cm³/mol. The van der Waals surface area contributed by atoms with Crippen LogP contribution in [0.5, 0.6) is 5.75 Å². The molecule has 0 fully saturated rings. The van der Waals surface area contributed by atoms with E-state index in [9.17, 15) is 14.3 Å². The molecule has 1 unspecified atom stereocenters. The highest BCUT2D eigenvalue weighted by molar-refractivity contribution is 5.76. The summed E-state index contributed by atoms with van der Waals surface area (Å²) in [7, 11) is 0. The van der Waals surface area contributed by atoms with Crippen LogP contribution in [0.3, 0.4) is 0 Å². The summed E-state index contributed by atoms with van der Waals surface area (Å²) in [5.41, 5.74) is 0.393. The second-order valence-electron chi connectivity index (χ2n) is 3.19. The highest BCUT2D eigenvalue weighted by Gasteiger charge is 2.20. The van der Waals surface area contributed by atoms with E-state index in [0.29, 0.717) is 5.56 Å². The standard InChI is InChI=1S/C10H11FO3/c1-5-3-4-7(6(2)10(13)14)9(12)8(5)11/h3-4,6,12H,1-2H3,(H,13,14). The Morgan fingerprint density at radius 3 is 2.57 bits per heavy atom. The van der Waals surface area contributed by atoms with Gasteiger partial charge in [0.2, 0.25) is 0 Å². The molecule has 1 aromatic carbocycles. The molecule has 0 saturated heterocycles. The van der Waals surface area contributed by atoms with Crippen molar-refractivity contribution < 1.29 is 19.4 Å². The smallest absolute Gasteiger partial charge is 0.310 e. The first kappa shape index (κ1) is 10.5. The number of benzene rings is 1. The Morgan fingerprint density at radius 2 is 2.07 bits per heavy atom. The van der Waals surface area contributed by atoms with Gasteiger partial charge in [0.05, 0.1) is 5.92 Å². The predicted octanol–water partition coefficient (Wildman–Crippen LogP) is 2.03. The van der Waals surface area contributed by atoms with E-state index in [1.165, 1.54) is 26.0 Å². The number of phenols is 1. The largest absolute Gasteiger partial charge is 0.505 e. The summed E-state index contributed by atoms with van der Waals surface area (Å²) in [6, 6.07) is 2.87. The fourth-order valence-corrected chi connectivity index (χ4v) is 1.16. The third-order valence-electron chi connectivity index (χ3n) is 2.18. The first-order valence-corrected chi connectivity index (χ1v) is 4.16. The quantitative estimate of drug-likeness (QED) is 0.764. The minimum absolute atomic E-state index is 0.0978. The van der Waals surface area contributed by atoms with Gasteiger partial charge in [0.1, 0.15) is 0 Å². The van der Waals surface area contributed by atoms with Crippen molar-refractivity contribution in [3.63, 3.8) is 0 Å². The van der Waals surface area contributed by atoms with Gasteiger partial charge in [0.15, 0.2) is 11.6 Å². The molecule has 3 nitrogen and oxygen atoms in total. The fourth-order valence-electron chi connectivity index (χ4n) is 1.16. The second-order valence-corrected chi connectivity index (χ2v) is 3.19. The van der Waals surface area contributed by atoms with Crippen molar-refractivity contribution in [2.24, 2.45) is 0 Å². The summed E-state index contributed by atoms with van der Waals surface area (Å²) in [5, 5.41) is 18.0. The summed E-state index contributed by atoms with van der Waals surface area (Å²) >= 11 is 0. The minimum atomic E-state index is -1.09. The van der Waals surface area contributed by atoms with E-state index in [0.717, 1.165) is 0 Å². The van der Waals surface area contributed by atoms with Crippen LogP contribution >= 0.6 is 0 Å². The number of aryl methyl sites for hydroxylation is 1. The zero-order chi connectivity index (χ0) is 10.9. The summed E-state index contributed by atoms with van der Waals surface area (Å²) < 4.78 is 13.2. The zero-order valence-electron chi connectivity index (χ0n) is 7.91. The Labute approximate surface area is 80.8 Å². The van der Waals surface area contributed by atoms with Crippen molar-refractivity contribution in [3.05, 3.63) is 29.1 Å². The molecule has 1 rings (SSSR count). The Morgan fingerprint density at radius 1 is 1.50 bits per heavy atom. The van der Waals surface area contributed by atoms with Crippen LogP contribution in [0.1, 0.15) is 24.0 Å². The number of carboxylic acid groups (broad SMARTS) is 1. The Hall–Kier alpha value is -1.58. The molecule has 14 heavy (non-hydrogen) atoms. The molecular formula is C10H11FO3. The lowest BCUT2D eigenvalue weighted by Gasteiger charge is -2.10. The van der Waals surface area contributed by atoms with Gasteiger partial charge in [-0.1, -0.05) is 12.1 Å². The Kier molecular flexibility index (Phi) is 2.74. The van der Waals surface area contributed by atoms with Crippen LogP contribution in [0, 0.1) is 12.7 Å². The molecule has 0 bridgehead atoms. The number of carboxylic acids is 1. The van der Waals surface area contributed by atoms with Crippen LogP contribution in [0.15, 0.2) is 12.1 Å². The van der Waals surface area contributed by atoms with Gasteiger partial charge in [-0.3, -0.25) is 4.79 Å². The van der Waals surface area contributed by atoms with E-state index in [-0.39, 0.29) is 5.56 Å². The molecule has 0 spiro atoms. The lowest BCUT2D eigenvalue weighted by molar-refractivity contribution is -0.138. The van der Waals surface area contributed by atoms with Crippen molar-refractivity contribution in [2.45, 2.75) is 19.8 Å². The number of halogens is 1. The molecule has 1 atom stereocenters. The van der Waals surface area contributed by atoms with E-state index in [2.05, 4.69) is 0 Å². The maximum Gasteiger partial charge on any atom is 0.310 e. The molecule has 0 aliphatic rings. The summed E-state index contributed by atoms with van der Waals surface area (Å²) in [6.07, 6.45) is 0. The van der Waals surface area contributed by atoms with Crippen molar-refractivity contribution in [1.29, 1.82) is 0 Å². The number of aliphatic carboxylic acids is 1. The molecule has 76 valence electrons. The number of hydrogen-bond acceptors (Lipinski definition) is 2. The Balaban J connectivity index is 3.24. The van der Waals surface area contributed by atoms with Gasteiger partial charge in [0.25, 0.3) is 0 Å². The number of phenolic OH excluding ortho intramolecular Hbond substituents is 1. The third kappa shape index (κ3) is 1.69. The van der Waals surface area contributed by atoms with E-state index in [1.807, 2.05) is 0 Å². The van der Waals surface area contributed by atoms with Gasteiger partial charge < -0.3 is 10.2 Å². The van der Waals surface area contributed by atoms with E-state index >= 15 is 0 Å². The van der Waals surface area contributed by atoms with E-state index < -0.39 is 23.5 Å². The zero-order valence-corrected chi connectivity index (χ0v) is 7.91. The van der Waals surface area contributed by atoms with Gasteiger partial charge in [-0.05, 0) is 19.4 Å². The molecule has 0 heterocycles. The van der Waals surface area contributed by atoms with Crippen LogP contribution in [0.2, 0.25) is 0 Å². The summed E-state index contributed by atoms with van der Waals surface area (Å²) in [6.45, 7) is 2.90. The highest BCUT2D eigenvalue weighted by atomic mass is 19.1. The Bertz CT molecular complexity index is 374.